The Morgan fingerprint density at radius 2 is 2.30 bits per heavy atom. The monoisotopic (exact) mass is 275 g/mol. The summed E-state index contributed by atoms with van der Waals surface area (Å²) in [6.07, 6.45) is 6.41. The summed E-state index contributed by atoms with van der Waals surface area (Å²) in [5, 5.41) is 15.2. The third-order valence-electron chi connectivity index (χ3n) is 2.46. The van der Waals surface area contributed by atoms with Crippen LogP contribution in [0.2, 0.25) is 0 Å². The smallest absolute Gasteiger partial charge is 0.371 e. The van der Waals surface area contributed by atoms with Gasteiger partial charge in [-0.05, 0) is 18.2 Å². The van der Waals surface area contributed by atoms with Gasteiger partial charge in [-0.25, -0.2) is 4.79 Å². The Kier molecular flexibility index (Phi) is 3.99. The van der Waals surface area contributed by atoms with Crippen LogP contribution in [-0.2, 0) is 18.4 Å². The van der Waals surface area contributed by atoms with Crippen molar-refractivity contribution in [2.45, 2.75) is 6.54 Å². The number of furan rings is 1. The highest BCUT2D eigenvalue weighted by atomic mass is 16.4. The van der Waals surface area contributed by atoms with Crippen LogP contribution in [0.3, 0.4) is 0 Å². The van der Waals surface area contributed by atoms with Gasteiger partial charge in [0.1, 0.15) is 5.76 Å². The van der Waals surface area contributed by atoms with Crippen LogP contribution in [-0.4, -0.2) is 26.8 Å². The average molecular weight is 275 g/mol. The van der Waals surface area contributed by atoms with E-state index in [1.807, 2.05) is 0 Å². The first-order valence-corrected chi connectivity index (χ1v) is 5.81. The summed E-state index contributed by atoms with van der Waals surface area (Å²) in [5.41, 5.74) is 0.814. The third-order valence-corrected chi connectivity index (χ3v) is 2.46. The minimum atomic E-state index is -1.14. The van der Waals surface area contributed by atoms with Gasteiger partial charge in [0, 0.05) is 24.9 Å². The van der Waals surface area contributed by atoms with Gasteiger partial charge < -0.3 is 14.8 Å². The fraction of sp³-hybridized carbons (Fsp3) is 0.154. The standard InChI is InChI=1S/C13H13N3O4/c1-16-8-9(6-15-16)2-5-12(17)14-7-10-3-4-11(20-10)13(18)19/h2-6,8H,7H2,1H3,(H,14,17)(H,18,19)/b5-2+. The number of carboxylic acid groups (broad SMARTS) is 1. The van der Waals surface area contributed by atoms with Crippen LogP contribution < -0.4 is 5.32 Å². The molecule has 1 amide bonds. The van der Waals surface area contributed by atoms with Crippen molar-refractivity contribution in [1.82, 2.24) is 15.1 Å². The number of nitrogens with zero attached hydrogens (tertiary/aromatic N) is 2. The van der Waals surface area contributed by atoms with E-state index in [4.69, 9.17) is 9.52 Å². The molecule has 0 aromatic carbocycles. The second-order valence-electron chi connectivity index (χ2n) is 4.07. The van der Waals surface area contributed by atoms with Crippen molar-refractivity contribution in [2.75, 3.05) is 0 Å². The molecule has 2 aromatic rings. The molecule has 0 bridgehead atoms. The maximum Gasteiger partial charge on any atom is 0.371 e. The van der Waals surface area contributed by atoms with Gasteiger partial charge in [0.15, 0.2) is 0 Å². The van der Waals surface area contributed by atoms with Crippen LogP contribution in [0.15, 0.2) is 35.0 Å². The molecule has 0 fully saturated rings. The molecule has 0 aliphatic rings. The van der Waals surface area contributed by atoms with Crippen LogP contribution in [0, 0.1) is 0 Å². The highest BCUT2D eigenvalue weighted by Crippen LogP contribution is 2.07. The Bertz CT molecular complexity index is 654. The fourth-order valence-electron chi connectivity index (χ4n) is 1.52. The Labute approximate surface area is 114 Å². The summed E-state index contributed by atoms with van der Waals surface area (Å²) in [6, 6.07) is 2.85. The number of carbonyl (C=O) groups excluding carboxylic acids is 1. The van der Waals surface area contributed by atoms with E-state index in [2.05, 4.69) is 10.4 Å². The van der Waals surface area contributed by atoms with Crippen LogP contribution in [0.25, 0.3) is 6.08 Å². The molecule has 0 atom stereocenters. The molecule has 7 heteroatoms. The van der Waals surface area contributed by atoms with Crippen molar-refractivity contribution in [3.63, 3.8) is 0 Å². The Balaban J connectivity index is 1.85. The Hall–Kier alpha value is -2.83. The van der Waals surface area contributed by atoms with Crippen molar-refractivity contribution in [2.24, 2.45) is 7.05 Å². The normalized spacial score (nSPS) is 10.8. The largest absolute Gasteiger partial charge is 0.475 e. The van der Waals surface area contributed by atoms with Gasteiger partial charge >= 0.3 is 5.97 Å². The van der Waals surface area contributed by atoms with E-state index in [1.54, 1.807) is 30.2 Å². The number of hydrogen-bond donors (Lipinski definition) is 2. The zero-order chi connectivity index (χ0) is 14.5. The lowest BCUT2D eigenvalue weighted by atomic mass is 10.3. The zero-order valence-electron chi connectivity index (χ0n) is 10.7. The van der Waals surface area contributed by atoms with Crippen molar-refractivity contribution in [1.29, 1.82) is 0 Å². The van der Waals surface area contributed by atoms with Crippen molar-refractivity contribution >= 4 is 18.0 Å². The van der Waals surface area contributed by atoms with E-state index in [-0.39, 0.29) is 18.2 Å². The molecule has 2 rings (SSSR count). The van der Waals surface area contributed by atoms with Crippen molar-refractivity contribution in [3.8, 4) is 0 Å². The molecule has 104 valence electrons. The summed E-state index contributed by atoms with van der Waals surface area (Å²) in [6.45, 7) is 0.128. The van der Waals surface area contributed by atoms with Crippen molar-refractivity contribution < 1.29 is 19.1 Å². The Morgan fingerprint density at radius 3 is 2.90 bits per heavy atom. The summed E-state index contributed by atoms with van der Waals surface area (Å²) >= 11 is 0. The maximum absolute atomic E-state index is 11.6. The zero-order valence-corrected chi connectivity index (χ0v) is 10.7. The van der Waals surface area contributed by atoms with E-state index in [1.165, 1.54) is 18.2 Å². The lowest BCUT2D eigenvalue weighted by Crippen LogP contribution is -2.19. The minimum Gasteiger partial charge on any atom is -0.475 e. The van der Waals surface area contributed by atoms with E-state index in [0.717, 1.165) is 5.56 Å². The highest BCUT2D eigenvalue weighted by Gasteiger charge is 2.08. The second-order valence-corrected chi connectivity index (χ2v) is 4.07. The third kappa shape index (κ3) is 3.58. The summed E-state index contributed by atoms with van der Waals surface area (Å²) in [7, 11) is 1.79. The molecule has 2 aromatic heterocycles. The molecule has 2 N–H and O–H groups in total. The van der Waals surface area contributed by atoms with Gasteiger partial charge in [0.25, 0.3) is 0 Å². The number of rotatable bonds is 5. The molecule has 0 spiro atoms. The second kappa shape index (κ2) is 5.87. The molecular formula is C13H13N3O4. The summed E-state index contributed by atoms with van der Waals surface area (Å²) in [5.74, 6) is -1.22. The summed E-state index contributed by atoms with van der Waals surface area (Å²) in [4.78, 5) is 22.2. The number of carbonyl (C=O) groups is 2. The molecule has 0 saturated carbocycles. The van der Waals surface area contributed by atoms with E-state index in [0.29, 0.717) is 5.76 Å². The first kappa shape index (κ1) is 13.6. The van der Waals surface area contributed by atoms with Crippen LogP contribution in [0.5, 0.6) is 0 Å². The van der Waals surface area contributed by atoms with Gasteiger partial charge in [0.2, 0.25) is 11.7 Å². The van der Waals surface area contributed by atoms with E-state index >= 15 is 0 Å². The molecule has 0 unspecified atom stereocenters. The number of aromatic carboxylic acids is 1. The topological polar surface area (TPSA) is 97.4 Å². The number of nitrogens with one attached hydrogen (secondary N) is 1. The van der Waals surface area contributed by atoms with Gasteiger partial charge in [0.05, 0.1) is 12.7 Å². The molecule has 0 radical (unpaired) electrons. The predicted octanol–water partition coefficient (Wildman–Crippen LogP) is 1.04. The number of amides is 1. The number of aromatic nitrogens is 2. The van der Waals surface area contributed by atoms with E-state index in [9.17, 15) is 9.59 Å². The van der Waals surface area contributed by atoms with Crippen molar-refractivity contribution in [3.05, 3.63) is 47.7 Å². The first-order chi connectivity index (χ1) is 9.54. The SMILES string of the molecule is Cn1cc(/C=C/C(=O)NCc2ccc(C(=O)O)o2)cn1. The summed E-state index contributed by atoms with van der Waals surface area (Å²) < 4.78 is 6.64. The van der Waals surface area contributed by atoms with Gasteiger partial charge in [-0.2, -0.15) is 5.10 Å². The van der Waals surface area contributed by atoms with Gasteiger partial charge in [-0.1, -0.05) is 0 Å². The lowest BCUT2D eigenvalue weighted by molar-refractivity contribution is -0.116. The number of aryl methyl sites for hydroxylation is 1. The number of hydrogen-bond acceptors (Lipinski definition) is 4. The van der Waals surface area contributed by atoms with Crippen LogP contribution in [0.4, 0.5) is 0 Å². The highest BCUT2D eigenvalue weighted by molar-refractivity contribution is 5.91. The van der Waals surface area contributed by atoms with Crippen LogP contribution >= 0.6 is 0 Å². The fourth-order valence-corrected chi connectivity index (χ4v) is 1.52. The molecular weight excluding hydrogens is 262 g/mol. The van der Waals surface area contributed by atoms with Gasteiger partial charge in [-0.15, -0.1) is 0 Å². The predicted molar refractivity (Wildman–Crippen MR) is 69.8 cm³/mol. The molecule has 2 heterocycles. The lowest BCUT2D eigenvalue weighted by Gasteiger charge is -1.98. The van der Waals surface area contributed by atoms with Gasteiger partial charge in [-0.3, -0.25) is 9.48 Å². The molecule has 0 saturated heterocycles. The Morgan fingerprint density at radius 1 is 1.50 bits per heavy atom. The number of carboxylic acids is 1. The molecule has 0 aliphatic carbocycles. The molecule has 20 heavy (non-hydrogen) atoms. The first-order valence-electron chi connectivity index (χ1n) is 5.81. The molecule has 0 aliphatic heterocycles. The van der Waals surface area contributed by atoms with Crippen LogP contribution in [0.1, 0.15) is 21.9 Å². The maximum atomic E-state index is 11.6. The van der Waals surface area contributed by atoms with E-state index < -0.39 is 5.97 Å². The average Bonchev–Trinajstić information content (AvgIpc) is 3.03. The quantitative estimate of drug-likeness (QED) is 0.795. The minimum absolute atomic E-state index is 0.128. The molecule has 7 nitrogen and oxygen atoms in total.